The van der Waals surface area contributed by atoms with Crippen LogP contribution in [0.2, 0.25) is 0 Å². The molecule has 0 saturated heterocycles. The summed E-state index contributed by atoms with van der Waals surface area (Å²) in [5.41, 5.74) is 2.92. The Hall–Kier alpha value is -2.23. The molecule has 96 valence electrons. The fourth-order valence-corrected chi connectivity index (χ4v) is 2.58. The maximum absolute atomic E-state index is 12.2. The molecule has 0 unspecified atom stereocenters. The molecule has 0 amide bonds. The number of Topliss-reactive ketones (excluding diaryl/α,β-unsaturated/α-hetero) is 1. The molecule has 1 aromatic carbocycles. The summed E-state index contributed by atoms with van der Waals surface area (Å²) >= 11 is 0. The van der Waals surface area contributed by atoms with Gasteiger partial charge in [-0.25, -0.2) is 4.68 Å². The Bertz CT molecular complexity index is 656. The highest BCUT2D eigenvalue weighted by molar-refractivity contribution is 6.04. The van der Waals surface area contributed by atoms with E-state index in [0.717, 1.165) is 24.1 Å². The average Bonchev–Trinajstić information content (AvgIpc) is 2.81. The van der Waals surface area contributed by atoms with Crippen LogP contribution in [0.1, 0.15) is 40.6 Å². The van der Waals surface area contributed by atoms with Crippen molar-refractivity contribution in [3.8, 4) is 11.3 Å². The lowest BCUT2D eigenvalue weighted by atomic mass is 9.92. The normalized spacial score (nSPS) is 14.3. The van der Waals surface area contributed by atoms with Crippen molar-refractivity contribution in [1.82, 2.24) is 9.78 Å². The van der Waals surface area contributed by atoms with E-state index in [-0.39, 0.29) is 11.7 Å². The van der Waals surface area contributed by atoms with Crippen LogP contribution < -0.4 is 0 Å². The van der Waals surface area contributed by atoms with Crippen LogP contribution >= 0.6 is 0 Å². The molecule has 1 aliphatic carbocycles. The third-order valence-corrected chi connectivity index (χ3v) is 3.42. The number of aromatic nitrogens is 2. The number of fused-ring (bicyclic) bond motifs is 1. The third-order valence-electron chi connectivity index (χ3n) is 3.42. The van der Waals surface area contributed by atoms with Gasteiger partial charge in [0.2, 0.25) is 5.91 Å². The summed E-state index contributed by atoms with van der Waals surface area (Å²) in [6.07, 6.45) is 2.07. The topological polar surface area (TPSA) is 52.0 Å². The Morgan fingerprint density at radius 1 is 1.21 bits per heavy atom. The minimum atomic E-state index is -0.145. The van der Waals surface area contributed by atoms with E-state index in [1.807, 2.05) is 30.3 Å². The van der Waals surface area contributed by atoms with Crippen LogP contribution in [-0.2, 0) is 6.42 Å². The van der Waals surface area contributed by atoms with Gasteiger partial charge in [-0.2, -0.15) is 5.10 Å². The molecule has 0 spiro atoms. The summed E-state index contributed by atoms with van der Waals surface area (Å²) in [5.74, 6) is -0.0549. The van der Waals surface area contributed by atoms with Gasteiger partial charge in [-0.3, -0.25) is 9.59 Å². The van der Waals surface area contributed by atoms with E-state index in [0.29, 0.717) is 17.7 Å². The standard InChI is InChI=1S/C15H14N2O2/c1-10(18)17-12-8-5-9-13(19)14(12)15(16-17)11-6-3-2-4-7-11/h2-4,6-7H,5,8-9H2,1H3. The molecule has 1 aromatic heterocycles. The Morgan fingerprint density at radius 3 is 2.63 bits per heavy atom. The molecule has 1 aliphatic rings. The first-order valence-corrected chi connectivity index (χ1v) is 6.40. The Labute approximate surface area is 111 Å². The summed E-state index contributed by atoms with van der Waals surface area (Å²) in [4.78, 5) is 23.8. The van der Waals surface area contributed by atoms with Crippen LogP contribution in [0.15, 0.2) is 30.3 Å². The molecular formula is C15H14N2O2. The second-order valence-electron chi connectivity index (χ2n) is 4.74. The molecule has 0 saturated carbocycles. The smallest absolute Gasteiger partial charge is 0.244 e. The number of hydrogen-bond donors (Lipinski definition) is 0. The van der Waals surface area contributed by atoms with Gasteiger partial charge in [-0.05, 0) is 12.8 Å². The van der Waals surface area contributed by atoms with Crippen molar-refractivity contribution in [3.63, 3.8) is 0 Å². The van der Waals surface area contributed by atoms with Gasteiger partial charge < -0.3 is 0 Å². The fraction of sp³-hybridized carbons (Fsp3) is 0.267. The van der Waals surface area contributed by atoms with Gasteiger partial charge >= 0.3 is 0 Å². The van der Waals surface area contributed by atoms with E-state index in [1.165, 1.54) is 11.6 Å². The molecule has 0 atom stereocenters. The quantitative estimate of drug-likeness (QED) is 0.786. The Balaban J connectivity index is 2.26. The monoisotopic (exact) mass is 254 g/mol. The first-order valence-electron chi connectivity index (χ1n) is 6.40. The molecular weight excluding hydrogens is 240 g/mol. The van der Waals surface area contributed by atoms with Crippen molar-refractivity contribution in [3.05, 3.63) is 41.6 Å². The minimum absolute atomic E-state index is 0.0904. The molecule has 1 heterocycles. The molecule has 0 N–H and O–H groups in total. The fourth-order valence-electron chi connectivity index (χ4n) is 2.58. The summed E-state index contributed by atoms with van der Waals surface area (Å²) in [6.45, 7) is 1.47. The summed E-state index contributed by atoms with van der Waals surface area (Å²) in [5, 5.41) is 4.36. The lowest BCUT2D eigenvalue weighted by molar-refractivity contribution is 0.0916. The van der Waals surface area contributed by atoms with Crippen molar-refractivity contribution in [2.75, 3.05) is 0 Å². The number of carbonyl (C=O) groups is 2. The summed E-state index contributed by atoms with van der Waals surface area (Å²) in [6, 6.07) is 9.55. The Morgan fingerprint density at radius 2 is 1.95 bits per heavy atom. The van der Waals surface area contributed by atoms with Crippen LogP contribution in [0.4, 0.5) is 0 Å². The van der Waals surface area contributed by atoms with Crippen molar-refractivity contribution in [1.29, 1.82) is 0 Å². The van der Waals surface area contributed by atoms with Crippen molar-refractivity contribution < 1.29 is 9.59 Å². The van der Waals surface area contributed by atoms with Gasteiger partial charge in [0.1, 0.15) is 5.69 Å². The van der Waals surface area contributed by atoms with Crippen LogP contribution in [0.5, 0.6) is 0 Å². The summed E-state index contributed by atoms with van der Waals surface area (Å²) in [7, 11) is 0. The maximum Gasteiger partial charge on any atom is 0.244 e. The molecule has 0 bridgehead atoms. The maximum atomic E-state index is 12.2. The number of carbonyl (C=O) groups excluding carboxylic acids is 2. The molecule has 0 aliphatic heterocycles. The van der Waals surface area contributed by atoms with Gasteiger partial charge in [-0.15, -0.1) is 0 Å². The summed E-state index contributed by atoms with van der Waals surface area (Å²) < 4.78 is 1.38. The third kappa shape index (κ3) is 1.89. The van der Waals surface area contributed by atoms with Crippen molar-refractivity contribution in [2.45, 2.75) is 26.2 Å². The molecule has 0 fully saturated rings. The zero-order valence-corrected chi connectivity index (χ0v) is 10.7. The molecule has 4 heteroatoms. The minimum Gasteiger partial charge on any atom is -0.294 e. The largest absolute Gasteiger partial charge is 0.294 e. The van der Waals surface area contributed by atoms with Crippen LogP contribution in [0, 0.1) is 0 Å². The molecule has 19 heavy (non-hydrogen) atoms. The molecule has 3 rings (SSSR count). The first-order chi connectivity index (χ1) is 9.18. The van der Waals surface area contributed by atoms with Gasteiger partial charge in [-0.1, -0.05) is 30.3 Å². The van der Waals surface area contributed by atoms with E-state index < -0.39 is 0 Å². The van der Waals surface area contributed by atoms with Crippen LogP contribution in [0.3, 0.4) is 0 Å². The van der Waals surface area contributed by atoms with Crippen molar-refractivity contribution >= 4 is 11.7 Å². The lowest BCUT2D eigenvalue weighted by Gasteiger charge is -2.11. The number of hydrogen-bond acceptors (Lipinski definition) is 3. The van der Waals surface area contributed by atoms with E-state index in [2.05, 4.69) is 5.10 Å². The number of nitrogens with zero attached hydrogens (tertiary/aromatic N) is 2. The molecule has 4 nitrogen and oxygen atoms in total. The van der Waals surface area contributed by atoms with Crippen LogP contribution in [0.25, 0.3) is 11.3 Å². The molecule has 2 aromatic rings. The van der Waals surface area contributed by atoms with Crippen molar-refractivity contribution in [2.24, 2.45) is 0 Å². The van der Waals surface area contributed by atoms with E-state index in [9.17, 15) is 9.59 Å². The van der Waals surface area contributed by atoms with Gasteiger partial charge in [0.15, 0.2) is 5.78 Å². The van der Waals surface area contributed by atoms with E-state index in [4.69, 9.17) is 0 Å². The number of benzene rings is 1. The first kappa shape index (κ1) is 11.8. The second-order valence-corrected chi connectivity index (χ2v) is 4.74. The van der Waals surface area contributed by atoms with Gasteiger partial charge in [0.05, 0.1) is 11.3 Å². The highest BCUT2D eigenvalue weighted by Gasteiger charge is 2.28. The zero-order chi connectivity index (χ0) is 13.4. The SMILES string of the molecule is CC(=O)n1nc(-c2ccccc2)c2c1CCCC2=O. The predicted molar refractivity (Wildman–Crippen MR) is 71.2 cm³/mol. The zero-order valence-electron chi connectivity index (χ0n) is 10.7. The van der Waals surface area contributed by atoms with E-state index >= 15 is 0 Å². The molecule has 0 radical (unpaired) electrons. The van der Waals surface area contributed by atoms with Gasteiger partial charge in [0, 0.05) is 18.9 Å². The van der Waals surface area contributed by atoms with Gasteiger partial charge in [0.25, 0.3) is 0 Å². The predicted octanol–water partition coefficient (Wildman–Crippen LogP) is 2.73. The van der Waals surface area contributed by atoms with Crippen LogP contribution in [-0.4, -0.2) is 21.5 Å². The number of rotatable bonds is 1. The Kier molecular flexibility index (Phi) is 2.78. The highest BCUT2D eigenvalue weighted by atomic mass is 16.2. The number of ketones is 1. The lowest BCUT2D eigenvalue weighted by Crippen LogP contribution is -2.17. The van der Waals surface area contributed by atoms with E-state index in [1.54, 1.807) is 0 Å². The second kappa shape index (κ2) is 4.46. The highest BCUT2D eigenvalue weighted by Crippen LogP contribution is 2.31. The average molecular weight is 254 g/mol.